The summed E-state index contributed by atoms with van der Waals surface area (Å²) < 4.78 is 1.63. The summed E-state index contributed by atoms with van der Waals surface area (Å²) in [5.74, 6) is 0.832. The van der Waals surface area contributed by atoms with Gasteiger partial charge in [-0.2, -0.15) is 15.0 Å². The highest BCUT2D eigenvalue weighted by atomic mass is 16.3. The van der Waals surface area contributed by atoms with Crippen molar-refractivity contribution in [3.05, 3.63) is 18.7 Å². The molecule has 0 saturated carbocycles. The van der Waals surface area contributed by atoms with Crippen molar-refractivity contribution in [2.24, 2.45) is 0 Å². The first-order chi connectivity index (χ1) is 9.56. The second kappa shape index (κ2) is 5.83. The van der Waals surface area contributed by atoms with Gasteiger partial charge in [0, 0.05) is 18.9 Å². The predicted molar refractivity (Wildman–Crippen MR) is 75.4 cm³/mol. The van der Waals surface area contributed by atoms with Gasteiger partial charge in [0.25, 0.3) is 0 Å². The van der Waals surface area contributed by atoms with Gasteiger partial charge in [-0.3, -0.25) is 4.57 Å². The molecule has 2 rings (SSSR count). The molecule has 0 aliphatic rings. The summed E-state index contributed by atoms with van der Waals surface area (Å²) in [6, 6.07) is 0. The van der Waals surface area contributed by atoms with E-state index >= 15 is 0 Å². The van der Waals surface area contributed by atoms with E-state index in [0.717, 1.165) is 0 Å². The first kappa shape index (κ1) is 14.2. The van der Waals surface area contributed by atoms with E-state index in [-0.39, 0.29) is 5.95 Å². The van der Waals surface area contributed by atoms with E-state index in [2.05, 4.69) is 25.3 Å². The molecule has 0 unspecified atom stereocenters. The molecule has 2 aromatic rings. The molecule has 8 heteroatoms. The minimum atomic E-state index is -0.781. The molecule has 0 aliphatic carbocycles. The van der Waals surface area contributed by atoms with Crippen LogP contribution in [0.25, 0.3) is 5.95 Å². The Bertz CT molecular complexity index is 551. The third kappa shape index (κ3) is 3.21. The van der Waals surface area contributed by atoms with Crippen LogP contribution in [0, 0.1) is 0 Å². The maximum absolute atomic E-state index is 10.2. The maximum atomic E-state index is 10.2. The number of nitrogen functional groups attached to an aromatic ring is 1. The van der Waals surface area contributed by atoms with E-state index in [1.165, 1.54) is 0 Å². The smallest absolute Gasteiger partial charge is 0.241 e. The van der Waals surface area contributed by atoms with E-state index in [0.29, 0.717) is 31.3 Å². The standard InChI is InChI=1S/C12H19N7O/c1-3-12(20,4-2)7-15-10-16-9(13)17-11(18-10)19-6-5-14-8-19/h5-6,8,20H,3-4,7H2,1-2H3,(H3,13,15,16,17,18). The fourth-order valence-corrected chi connectivity index (χ4v) is 1.70. The van der Waals surface area contributed by atoms with Gasteiger partial charge in [-0.1, -0.05) is 13.8 Å². The third-order valence-corrected chi connectivity index (χ3v) is 3.27. The first-order valence-electron chi connectivity index (χ1n) is 6.52. The van der Waals surface area contributed by atoms with Crippen LogP contribution in [0.3, 0.4) is 0 Å². The molecule has 0 bridgehead atoms. The molecule has 0 spiro atoms. The average molecular weight is 277 g/mol. The highest BCUT2D eigenvalue weighted by Gasteiger charge is 2.22. The lowest BCUT2D eigenvalue weighted by Crippen LogP contribution is -2.36. The zero-order chi connectivity index (χ0) is 14.6. The minimum absolute atomic E-state index is 0.114. The highest BCUT2D eigenvalue weighted by molar-refractivity contribution is 5.35. The highest BCUT2D eigenvalue weighted by Crippen LogP contribution is 2.15. The molecule has 108 valence electrons. The van der Waals surface area contributed by atoms with Gasteiger partial charge in [-0.25, -0.2) is 4.98 Å². The molecule has 0 aliphatic heterocycles. The van der Waals surface area contributed by atoms with Crippen molar-refractivity contribution in [3.8, 4) is 5.95 Å². The van der Waals surface area contributed by atoms with Crippen molar-refractivity contribution in [2.45, 2.75) is 32.3 Å². The monoisotopic (exact) mass is 277 g/mol. The number of anilines is 2. The maximum Gasteiger partial charge on any atom is 0.241 e. The molecule has 0 aromatic carbocycles. The van der Waals surface area contributed by atoms with Crippen LogP contribution in [0.15, 0.2) is 18.7 Å². The molecular formula is C12H19N7O. The van der Waals surface area contributed by atoms with Gasteiger partial charge in [0.05, 0.1) is 5.60 Å². The predicted octanol–water partition coefficient (Wildman–Crippen LogP) is 0.602. The van der Waals surface area contributed by atoms with Crippen molar-refractivity contribution >= 4 is 11.9 Å². The van der Waals surface area contributed by atoms with Crippen molar-refractivity contribution < 1.29 is 5.11 Å². The number of hydrogen-bond acceptors (Lipinski definition) is 7. The Labute approximate surface area is 117 Å². The summed E-state index contributed by atoms with van der Waals surface area (Å²) in [5, 5.41) is 13.2. The molecule has 0 atom stereocenters. The van der Waals surface area contributed by atoms with E-state index < -0.39 is 5.60 Å². The number of aliphatic hydroxyl groups is 1. The van der Waals surface area contributed by atoms with Gasteiger partial charge >= 0.3 is 0 Å². The molecule has 2 heterocycles. The Balaban J connectivity index is 2.17. The summed E-state index contributed by atoms with van der Waals surface area (Å²) in [7, 11) is 0. The van der Waals surface area contributed by atoms with Crippen LogP contribution in [-0.2, 0) is 0 Å². The van der Waals surface area contributed by atoms with Gasteiger partial charge in [0.2, 0.25) is 17.8 Å². The molecule has 20 heavy (non-hydrogen) atoms. The number of nitrogens with one attached hydrogen (secondary N) is 1. The zero-order valence-electron chi connectivity index (χ0n) is 11.6. The Hall–Kier alpha value is -2.22. The van der Waals surface area contributed by atoms with Crippen LogP contribution in [0.5, 0.6) is 0 Å². The van der Waals surface area contributed by atoms with Crippen molar-refractivity contribution in [1.82, 2.24) is 24.5 Å². The van der Waals surface area contributed by atoms with Crippen molar-refractivity contribution in [1.29, 1.82) is 0 Å². The number of nitrogens with zero attached hydrogens (tertiary/aromatic N) is 5. The Morgan fingerprint density at radius 3 is 2.65 bits per heavy atom. The summed E-state index contributed by atoms with van der Waals surface area (Å²) in [5.41, 5.74) is 4.89. The molecular weight excluding hydrogens is 258 g/mol. The Morgan fingerprint density at radius 1 is 1.30 bits per heavy atom. The van der Waals surface area contributed by atoms with E-state index in [4.69, 9.17) is 5.73 Å². The second-order valence-electron chi connectivity index (χ2n) is 4.57. The van der Waals surface area contributed by atoms with Gasteiger partial charge in [-0.05, 0) is 12.8 Å². The van der Waals surface area contributed by atoms with Crippen molar-refractivity contribution in [2.75, 3.05) is 17.6 Å². The minimum Gasteiger partial charge on any atom is -0.388 e. The number of aromatic nitrogens is 5. The topological polar surface area (TPSA) is 115 Å². The van der Waals surface area contributed by atoms with Crippen LogP contribution >= 0.6 is 0 Å². The van der Waals surface area contributed by atoms with E-state index in [1.54, 1.807) is 23.3 Å². The molecule has 0 fully saturated rings. The van der Waals surface area contributed by atoms with Crippen molar-refractivity contribution in [3.63, 3.8) is 0 Å². The van der Waals surface area contributed by atoms with Gasteiger partial charge in [-0.15, -0.1) is 0 Å². The van der Waals surface area contributed by atoms with Gasteiger partial charge in [0.15, 0.2) is 0 Å². The van der Waals surface area contributed by atoms with Gasteiger partial charge in [0.1, 0.15) is 6.33 Å². The second-order valence-corrected chi connectivity index (χ2v) is 4.57. The number of hydrogen-bond donors (Lipinski definition) is 3. The molecule has 2 aromatic heterocycles. The Morgan fingerprint density at radius 2 is 2.05 bits per heavy atom. The van der Waals surface area contributed by atoms with Crippen LogP contribution in [0.1, 0.15) is 26.7 Å². The third-order valence-electron chi connectivity index (χ3n) is 3.27. The van der Waals surface area contributed by atoms with Crippen LogP contribution < -0.4 is 11.1 Å². The largest absolute Gasteiger partial charge is 0.388 e. The SMILES string of the molecule is CCC(O)(CC)CNc1nc(N)nc(-n2ccnc2)n1. The molecule has 0 amide bonds. The normalized spacial score (nSPS) is 11.6. The van der Waals surface area contributed by atoms with Gasteiger partial charge < -0.3 is 16.2 Å². The Kier molecular flexibility index (Phi) is 4.14. The summed E-state index contributed by atoms with van der Waals surface area (Å²) in [4.78, 5) is 16.2. The number of imidazole rings is 1. The van der Waals surface area contributed by atoms with Crippen LogP contribution in [0.2, 0.25) is 0 Å². The molecule has 4 N–H and O–H groups in total. The lowest BCUT2D eigenvalue weighted by molar-refractivity contribution is 0.0455. The summed E-state index contributed by atoms with van der Waals surface area (Å²) >= 11 is 0. The molecule has 8 nitrogen and oxygen atoms in total. The fourth-order valence-electron chi connectivity index (χ4n) is 1.70. The van der Waals surface area contributed by atoms with Crippen LogP contribution in [-0.4, -0.2) is 41.8 Å². The van der Waals surface area contributed by atoms with E-state index in [9.17, 15) is 5.11 Å². The molecule has 0 saturated heterocycles. The lowest BCUT2D eigenvalue weighted by Gasteiger charge is -2.25. The molecule has 0 radical (unpaired) electrons. The van der Waals surface area contributed by atoms with E-state index in [1.807, 2.05) is 13.8 Å². The lowest BCUT2D eigenvalue weighted by atomic mass is 9.98. The average Bonchev–Trinajstić information content (AvgIpc) is 2.98. The fraction of sp³-hybridized carbons (Fsp3) is 0.500. The summed E-state index contributed by atoms with van der Waals surface area (Å²) in [6.45, 7) is 4.22. The zero-order valence-corrected chi connectivity index (χ0v) is 11.6. The quantitative estimate of drug-likeness (QED) is 0.708. The number of nitrogens with two attached hydrogens (primary N) is 1. The first-order valence-corrected chi connectivity index (χ1v) is 6.52. The summed E-state index contributed by atoms with van der Waals surface area (Å²) in [6.07, 6.45) is 6.21. The van der Waals surface area contributed by atoms with Crippen LogP contribution in [0.4, 0.5) is 11.9 Å². The number of rotatable bonds is 6.